The summed E-state index contributed by atoms with van der Waals surface area (Å²) in [5.41, 5.74) is 4.55. The van der Waals surface area contributed by atoms with E-state index in [0.717, 1.165) is 25.3 Å². The van der Waals surface area contributed by atoms with Crippen LogP contribution in [0, 0.1) is 0 Å². The van der Waals surface area contributed by atoms with E-state index in [-0.39, 0.29) is 0 Å². The number of unbranched alkanes of at least 4 members (excludes halogenated alkanes) is 5. The van der Waals surface area contributed by atoms with Crippen LogP contribution in [0.1, 0.15) is 62.1 Å². The molecule has 3 rings (SSSR count). The maximum absolute atomic E-state index is 10.9. The Hall–Kier alpha value is -2.86. The number of benzene rings is 3. The number of hydrogen-bond acceptors (Lipinski definition) is 4. The first kappa shape index (κ1) is 31.4. The number of carboxylic acid groups (broad SMARTS) is 1. The summed E-state index contributed by atoms with van der Waals surface area (Å²) in [5.74, 6) is -2.02. The van der Waals surface area contributed by atoms with Crippen molar-refractivity contribution in [2.75, 3.05) is 6.61 Å². The Bertz CT molecular complexity index is 953. The minimum absolute atomic E-state index is 0.350. The van der Waals surface area contributed by atoms with Gasteiger partial charge in [-0.3, -0.25) is 0 Å². The Labute approximate surface area is 235 Å². The van der Waals surface area contributed by atoms with Gasteiger partial charge in [0.05, 0.1) is 12.6 Å². The van der Waals surface area contributed by atoms with Crippen molar-refractivity contribution in [3.63, 3.8) is 0 Å². The SMILES string of the molecule is CCCCCCCCOC(=O)/C=C\C(=O)[O-].c1ccc([CH2][Sn+]([CH2]c2ccccc2)[CH2]c2ccccc2)cc1. The van der Waals surface area contributed by atoms with Gasteiger partial charge < -0.3 is 14.6 Å². The number of carbonyl (C=O) groups is 2. The maximum atomic E-state index is 10.9. The number of rotatable bonds is 15. The van der Waals surface area contributed by atoms with Crippen LogP contribution in [0.4, 0.5) is 0 Å². The molecule has 0 spiro atoms. The van der Waals surface area contributed by atoms with Gasteiger partial charge in [-0.25, -0.2) is 4.79 Å². The van der Waals surface area contributed by atoms with Crippen LogP contribution in [0.3, 0.4) is 0 Å². The van der Waals surface area contributed by atoms with E-state index < -0.39 is 31.7 Å². The van der Waals surface area contributed by atoms with E-state index in [2.05, 4.69) is 97.9 Å². The zero-order valence-electron chi connectivity index (χ0n) is 22.5. The summed E-state index contributed by atoms with van der Waals surface area (Å²) >= 11 is -1.56. The molecule has 0 N–H and O–H groups in total. The Kier molecular flexibility index (Phi) is 16.6. The van der Waals surface area contributed by atoms with Crippen LogP contribution in [-0.2, 0) is 27.6 Å². The van der Waals surface area contributed by atoms with Crippen molar-refractivity contribution < 1.29 is 19.4 Å². The molecule has 38 heavy (non-hydrogen) atoms. The van der Waals surface area contributed by atoms with Gasteiger partial charge in [-0.2, -0.15) is 0 Å². The molecule has 3 aromatic carbocycles. The van der Waals surface area contributed by atoms with Gasteiger partial charge in [0.15, 0.2) is 0 Å². The zero-order valence-corrected chi connectivity index (χ0v) is 25.4. The molecule has 0 radical (unpaired) electrons. The van der Waals surface area contributed by atoms with Crippen LogP contribution in [0.15, 0.2) is 103 Å². The summed E-state index contributed by atoms with van der Waals surface area (Å²) in [6.07, 6.45) is 8.23. The van der Waals surface area contributed by atoms with Gasteiger partial charge in [-0.1, -0.05) is 39.0 Å². The van der Waals surface area contributed by atoms with Crippen LogP contribution in [0.5, 0.6) is 0 Å². The van der Waals surface area contributed by atoms with Crippen LogP contribution < -0.4 is 5.11 Å². The van der Waals surface area contributed by atoms with E-state index in [1.54, 1.807) is 0 Å². The monoisotopic (exact) mass is 620 g/mol. The van der Waals surface area contributed by atoms with Gasteiger partial charge in [0.1, 0.15) is 0 Å². The topological polar surface area (TPSA) is 66.4 Å². The average molecular weight is 619 g/mol. The first-order valence-corrected chi connectivity index (χ1v) is 19.6. The molecule has 0 unspecified atom stereocenters. The average Bonchev–Trinajstić information content (AvgIpc) is 2.93. The Balaban J connectivity index is 0.000000284. The molecular formula is C33H40O4Sn. The molecular weight excluding hydrogens is 579 g/mol. The Morgan fingerprint density at radius 3 is 1.50 bits per heavy atom. The summed E-state index contributed by atoms with van der Waals surface area (Å²) in [6.45, 7) is 2.51. The molecule has 0 fully saturated rings. The van der Waals surface area contributed by atoms with Crippen molar-refractivity contribution in [1.82, 2.24) is 0 Å². The standard InChI is InChI=1S/C12H20O4.3C7H7.Sn/c1-2-3-4-5-6-7-10-16-12(15)9-8-11(13)14;3*1-7-5-3-2-4-6-7;/h8-9H,2-7,10H2,1H3,(H,13,14);3*2-6H,1H2;/q;;;;+1/p-1/b9-8-;;;;. The van der Waals surface area contributed by atoms with Crippen LogP contribution in [0.2, 0.25) is 0 Å². The molecule has 0 aliphatic carbocycles. The van der Waals surface area contributed by atoms with Gasteiger partial charge in [-0.15, -0.1) is 0 Å². The Morgan fingerprint density at radius 1 is 0.658 bits per heavy atom. The quantitative estimate of drug-likeness (QED) is 0.0904. The summed E-state index contributed by atoms with van der Waals surface area (Å²) in [6, 6.07) is 33.1. The summed E-state index contributed by atoms with van der Waals surface area (Å²) in [4.78, 5) is 20.9. The zero-order chi connectivity index (χ0) is 27.3. The van der Waals surface area contributed by atoms with Crippen molar-refractivity contribution in [1.29, 1.82) is 0 Å². The van der Waals surface area contributed by atoms with Crippen molar-refractivity contribution in [2.24, 2.45) is 0 Å². The second-order valence-electron chi connectivity index (χ2n) is 9.32. The minimum atomic E-state index is -1.56. The van der Waals surface area contributed by atoms with E-state index in [1.165, 1.54) is 49.3 Å². The first-order valence-electron chi connectivity index (χ1n) is 13.6. The third kappa shape index (κ3) is 15.4. The number of hydrogen-bond donors (Lipinski definition) is 0. The van der Waals surface area contributed by atoms with E-state index in [1.807, 2.05) is 0 Å². The van der Waals surface area contributed by atoms with Crippen molar-refractivity contribution >= 4 is 31.7 Å². The van der Waals surface area contributed by atoms with Crippen molar-refractivity contribution in [3.8, 4) is 0 Å². The predicted molar refractivity (Wildman–Crippen MR) is 155 cm³/mol. The summed E-state index contributed by atoms with van der Waals surface area (Å²) in [5, 5.41) is 9.97. The fourth-order valence-electron chi connectivity index (χ4n) is 4.08. The molecule has 0 aromatic heterocycles. The van der Waals surface area contributed by atoms with E-state index >= 15 is 0 Å². The molecule has 4 nitrogen and oxygen atoms in total. The molecule has 0 bridgehead atoms. The van der Waals surface area contributed by atoms with Crippen LogP contribution >= 0.6 is 0 Å². The molecule has 0 atom stereocenters. The predicted octanol–water partition coefficient (Wildman–Crippen LogP) is 6.02. The molecule has 0 aliphatic heterocycles. The molecule has 0 amide bonds. The molecule has 0 saturated carbocycles. The van der Waals surface area contributed by atoms with E-state index in [4.69, 9.17) is 4.74 Å². The van der Waals surface area contributed by atoms with Gasteiger partial charge >= 0.3 is 147 Å². The van der Waals surface area contributed by atoms with Gasteiger partial charge in [-0.05, 0) is 12.5 Å². The molecule has 0 saturated heterocycles. The summed E-state index contributed by atoms with van der Waals surface area (Å²) in [7, 11) is 0. The second kappa shape index (κ2) is 20.1. The van der Waals surface area contributed by atoms with Gasteiger partial charge in [0.2, 0.25) is 0 Å². The Morgan fingerprint density at radius 2 is 1.08 bits per heavy atom. The second-order valence-corrected chi connectivity index (χ2v) is 16.6. The van der Waals surface area contributed by atoms with Crippen molar-refractivity contribution in [2.45, 2.75) is 58.8 Å². The number of carboxylic acids is 1. The third-order valence-electron chi connectivity index (χ3n) is 5.99. The van der Waals surface area contributed by atoms with Gasteiger partial charge in [0, 0.05) is 6.08 Å². The third-order valence-corrected chi connectivity index (χ3v) is 13.8. The molecule has 200 valence electrons. The number of ether oxygens (including phenoxy) is 1. The van der Waals surface area contributed by atoms with E-state index in [9.17, 15) is 14.7 Å². The fourth-order valence-corrected chi connectivity index (χ4v) is 12.1. The fraction of sp³-hybridized carbons (Fsp3) is 0.333. The molecule has 3 aromatic rings. The van der Waals surface area contributed by atoms with E-state index in [0.29, 0.717) is 12.7 Å². The van der Waals surface area contributed by atoms with Crippen LogP contribution in [-0.4, -0.2) is 38.3 Å². The number of carbonyl (C=O) groups excluding carboxylic acids is 2. The molecule has 0 heterocycles. The van der Waals surface area contributed by atoms with Crippen LogP contribution in [0.25, 0.3) is 0 Å². The number of aliphatic carboxylic acids is 1. The molecule has 0 aliphatic rings. The van der Waals surface area contributed by atoms with Gasteiger partial charge in [0.25, 0.3) is 0 Å². The first-order chi connectivity index (χ1) is 18.6. The van der Waals surface area contributed by atoms with Crippen molar-refractivity contribution in [3.05, 3.63) is 120 Å². The molecule has 5 heteroatoms. The normalized spacial score (nSPS) is 10.4. The number of esters is 1. The summed E-state index contributed by atoms with van der Waals surface area (Å²) < 4.78 is 8.76.